The first kappa shape index (κ1) is 12.2. The van der Waals surface area contributed by atoms with Crippen LogP contribution in [0.25, 0.3) is 0 Å². The monoisotopic (exact) mass is 222 g/mol. The number of hydrazine groups is 1. The van der Waals surface area contributed by atoms with E-state index in [1.807, 2.05) is 0 Å². The molecule has 1 aromatic rings. The molecule has 0 aromatic heterocycles. The van der Waals surface area contributed by atoms with E-state index in [9.17, 15) is 4.79 Å². The average Bonchev–Trinajstić information content (AvgIpc) is 2.26. The quantitative estimate of drug-likeness (QED) is 0.197. The zero-order chi connectivity index (χ0) is 12.1. The van der Waals surface area contributed by atoms with Gasteiger partial charge in [0.2, 0.25) is 0 Å². The van der Waals surface area contributed by atoms with Gasteiger partial charge in [-0.1, -0.05) is 24.3 Å². The summed E-state index contributed by atoms with van der Waals surface area (Å²) < 4.78 is 0. The van der Waals surface area contributed by atoms with Gasteiger partial charge in [0.15, 0.2) is 0 Å². The highest BCUT2D eigenvalue weighted by Crippen LogP contribution is 2.06. The second-order valence-corrected chi connectivity index (χ2v) is 3.37. The summed E-state index contributed by atoms with van der Waals surface area (Å²) >= 11 is 0. The maximum atomic E-state index is 10.7. The number of hydrogen-bond donors (Lipinski definition) is 5. The molecule has 6 nitrogen and oxygen atoms in total. The van der Waals surface area contributed by atoms with Crippen LogP contribution in [0, 0.1) is 5.41 Å². The molecule has 0 aliphatic heterocycles. The topological polar surface area (TPSA) is 125 Å². The van der Waals surface area contributed by atoms with Crippen molar-refractivity contribution in [2.45, 2.75) is 12.5 Å². The molecule has 1 rings (SSSR count). The first-order valence-electron chi connectivity index (χ1n) is 4.67. The number of aliphatic carboxylic acids is 1. The Morgan fingerprint density at radius 1 is 1.44 bits per heavy atom. The van der Waals surface area contributed by atoms with Gasteiger partial charge in [-0.3, -0.25) is 16.0 Å². The Balaban J connectivity index is 2.75. The Morgan fingerprint density at radius 3 is 2.38 bits per heavy atom. The van der Waals surface area contributed by atoms with Crippen molar-refractivity contribution in [1.29, 1.82) is 5.41 Å². The number of amidine groups is 1. The molecule has 0 heterocycles. The minimum Gasteiger partial charge on any atom is -0.480 e. The van der Waals surface area contributed by atoms with E-state index < -0.39 is 12.0 Å². The zero-order valence-corrected chi connectivity index (χ0v) is 8.60. The minimum atomic E-state index is -1.00. The molecule has 0 spiro atoms. The van der Waals surface area contributed by atoms with E-state index in [0.29, 0.717) is 5.56 Å². The van der Waals surface area contributed by atoms with E-state index >= 15 is 0 Å². The number of carbonyl (C=O) groups is 1. The standard InChI is InChI=1S/C10H14N4O2/c11-9(12)7-3-1-6(2-4-7)5-8(14-13)10(15)16/h1-4,8,14H,5,13H2,(H3,11,12)(H,15,16)/t8-/m0/s1. The van der Waals surface area contributed by atoms with Crippen LogP contribution in [-0.4, -0.2) is 23.0 Å². The summed E-state index contributed by atoms with van der Waals surface area (Å²) in [6.45, 7) is 0. The van der Waals surface area contributed by atoms with Crippen LogP contribution in [0.5, 0.6) is 0 Å². The Kier molecular flexibility index (Phi) is 3.98. The molecule has 0 saturated carbocycles. The SMILES string of the molecule is N=C(N)c1ccc(C[C@H](NN)C(=O)O)cc1. The van der Waals surface area contributed by atoms with E-state index in [2.05, 4.69) is 5.43 Å². The first-order chi connectivity index (χ1) is 7.54. The molecular weight excluding hydrogens is 208 g/mol. The van der Waals surface area contributed by atoms with Crippen molar-refractivity contribution >= 4 is 11.8 Å². The molecule has 6 heteroatoms. The van der Waals surface area contributed by atoms with E-state index in [-0.39, 0.29) is 12.3 Å². The van der Waals surface area contributed by atoms with Gasteiger partial charge >= 0.3 is 5.97 Å². The third-order valence-electron chi connectivity index (χ3n) is 2.20. The average molecular weight is 222 g/mol. The lowest BCUT2D eigenvalue weighted by atomic mass is 10.0. The van der Waals surface area contributed by atoms with Gasteiger partial charge in [-0.25, -0.2) is 5.43 Å². The second-order valence-electron chi connectivity index (χ2n) is 3.37. The lowest BCUT2D eigenvalue weighted by Crippen LogP contribution is -2.42. The fourth-order valence-corrected chi connectivity index (χ4v) is 1.27. The van der Waals surface area contributed by atoms with Crippen LogP contribution in [0.4, 0.5) is 0 Å². The highest BCUT2D eigenvalue weighted by atomic mass is 16.4. The van der Waals surface area contributed by atoms with Gasteiger partial charge in [0, 0.05) is 5.56 Å². The summed E-state index contributed by atoms with van der Waals surface area (Å²) in [6.07, 6.45) is 0.282. The fraction of sp³-hybridized carbons (Fsp3) is 0.200. The van der Waals surface area contributed by atoms with Gasteiger partial charge in [-0.15, -0.1) is 0 Å². The summed E-state index contributed by atoms with van der Waals surface area (Å²) in [5, 5.41) is 16.0. The highest BCUT2D eigenvalue weighted by Gasteiger charge is 2.15. The number of rotatable bonds is 5. The van der Waals surface area contributed by atoms with Crippen molar-refractivity contribution in [1.82, 2.24) is 5.43 Å². The second kappa shape index (κ2) is 5.24. The molecule has 86 valence electrons. The highest BCUT2D eigenvalue weighted by molar-refractivity contribution is 5.94. The summed E-state index contributed by atoms with van der Waals surface area (Å²) in [5.74, 6) is 4.10. The summed E-state index contributed by atoms with van der Waals surface area (Å²) in [7, 11) is 0. The molecule has 7 N–H and O–H groups in total. The number of benzene rings is 1. The molecule has 0 radical (unpaired) electrons. The summed E-state index contributed by atoms with van der Waals surface area (Å²) in [4.78, 5) is 10.7. The predicted octanol–water partition coefficient (Wildman–Crippen LogP) is -0.570. The predicted molar refractivity (Wildman–Crippen MR) is 59.9 cm³/mol. The van der Waals surface area contributed by atoms with Crippen molar-refractivity contribution < 1.29 is 9.90 Å². The van der Waals surface area contributed by atoms with Gasteiger partial charge in [0.25, 0.3) is 0 Å². The Morgan fingerprint density at radius 2 is 2.00 bits per heavy atom. The minimum absolute atomic E-state index is 0.0155. The molecule has 16 heavy (non-hydrogen) atoms. The summed E-state index contributed by atoms with van der Waals surface area (Å²) in [6, 6.07) is 5.98. The van der Waals surface area contributed by atoms with Crippen LogP contribution in [0.1, 0.15) is 11.1 Å². The maximum Gasteiger partial charge on any atom is 0.322 e. The van der Waals surface area contributed by atoms with E-state index in [0.717, 1.165) is 5.56 Å². The third-order valence-corrected chi connectivity index (χ3v) is 2.20. The van der Waals surface area contributed by atoms with Crippen LogP contribution in [0.3, 0.4) is 0 Å². The van der Waals surface area contributed by atoms with Crippen molar-refractivity contribution in [3.8, 4) is 0 Å². The van der Waals surface area contributed by atoms with Crippen molar-refractivity contribution in [3.05, 3.63) is 35.4 Å². The molecule has 1 aromatic carbocycles. The van der Waals surface area contributed by atoms with Crippen LogP contribution >= 0.6 is 0 Å². The van der Waals surface area contributed by atoms with Gasteiger partial charge in [-0.05, 0) is 12.0 Å². The fourth-order valence-electron chi connectivity index (χ4n) is 1.27. The summed E-state index contributed by atoms with van der Waals surface area (Å²) in [5.41, 5.74) is 8.94. The third kappa shape index (κ3) is 3.04. The smallest absolute Gasteiger partial charge is 0.322 e. The molecule has 1 atom stereocenters. The molecule has 0 bridgehead atoms. The lowest BCUT2D eigenvalue weighted by Gasteiger charge is -2.10. The number of carboxylic acid groups (broad SMARTS) is 1. The number of nitrogens with two attached hydrogens (primary N) is 2. The number of nitrogen functional groups attached to an aromatic ring is 1. The van der Waals surface area contributed by atoms with E-state index in [1.165, 1.54) is 0 Å². The molecular formula is C10H14N4O2. The Hall–Kier alpha value is -1.92. The first-order valence-corrected chi connectivity index (χ1v) is 4.67. The maximum absolute atomic E-state index is 10.7. The Labute approximate surface area is 92.7 Å². The van der Waals surface area contributed by atoms with Crippen LogP contribution in [0.2, 0.25) is 0 Å². The molecule has 0 amide bonds. The van der Waals surface area contributed by atoms with E-state index in [4.69, 9.17) is 22.1 Å². The molecule has 0 aliphatic carbocycles. The van der Waals surface area contributed by atoms with Crippen molar-refractivity contribution in [3.63, 3.8) is 0 Å². The van der Waals surface area contributed by atoms with Crippen LogP contribution in [0.15, 0.2) is 24.3 Å². The normalized spacial score (nSPS) is 12.1. The zero-order valence-electron chi connectivity index (χ0n) is 8.60. The molecule has 0 unspecified atom stereocenters. The van der Waals surface area contributed by atoms with Crippen molar-refractivity contribution in [2.75, 3.05) is 0 Å². The largest absolute Gasteiger partial charge is 0.480 e. The Bertz CT molecular complexity index is 388. The van der Waals surface area contributed by atoms with Gasteiger partial charge in [0.1, 0.15) is 11.9 Å². The lowest BCUT2D eigenvalue weighted by molar-refractivity contribution is -0.139. The molecule has 0 fully saturated rings. The number of hydrogen-bond acceptors (Lipinski definition) is 4. The van der Waals surface area contributed by atoms with Gasteiger partial charge < -0.3 is 10.8 Å². The van der Waals surface area contributed by atoms with Crippen LogP contribution < -0.4 is 17.0 Å². The number of carboxylic acids is 1. The van der Waals surface area contributed by atoms with Gasteiger partial charge in [0.05, 0.1) is 0 Å². The van der Waals surface area contributed by atoms with Crippen molar-refractivity contribution in [2.24, 2.45) is 11.6 Å². The molecule has 0 aliphatic rings. The van der Waals surface area contributed by atoms with Crippen LogP contribution in [-0.2, 0) is 11.2 Å². The molecule has 0 saturated heterocycles. The van der Waals surface area contributed by atoms with Gasteiger partial charge in [-0.2, -0.15) is 0 Å². The van der Waals surface area contributed by atoms with E-state index in [1.54, 1.807) is 24.3 Å². The number of nitrogens with one attached hydrogen (secondary N) is 2.